The zero-order valence-corrected chi connectivity index (χ0v) is 17.9. The van der Waals surface area contributed by atoms with Crippen molar-refractivity contribution in [1.29, 1.82) is 0 Å². The van der Waals surface area contributed by atoms with Gasteiger partial charge in [-0.3, -0.25) is 0 Å². The maximum Gasteiger partial charge on any atom is 0 e. The summed E-state index contributed by atoms with van der Waals surface area (Å²) in [7, 11) is 0. The monoisotopic (exact) mass is 373 g/mol. The molecule has 22 heavy (non-hydrogen) atoms. The van der Waals surface area contributed by atoms with Gasteiger partial charge in [-0.05, 0) is 13.8 Å². The summed E-state index contributed by atoms with van der Waals surface area (Å²) in [6, 6.07) is 17.1. The van der Waals surface area contributed by atoms with Crippen molar-refractivity contribution in [2.45, 2.75) is 54.6 Å². The minimum Gasteiger partial charge on any atom is -0.655 e. The molecule has 0 atom stereocenters. The van der Waals surface area contributed by atoms with Gasteiger partial charge in [0.05, 0.1) is 0 Å². The molecule has 0 fully saturated rings. The number of aryl methyl sites for hydroxylation is 2. The standard InChI is InChI=1S/C16H18N.2C2H6.Y/c1-13-3-7-15(8-4-13)11-17-12-16-9-5-14(2)6-10-16;2*1-2;/h3-10H,11-12H2,1-2H3;2*1-2H3;/q-1;;;. The quantitative estimate of drug-likeness (QED) is 0.587. The van der Waals surface area contributed by atoms with Crippen molar-refractivity contribution in [3.05, 3.63) is 76.1 Å². The summed E-state index contributed by atoms with van der Waals surface area (Å²) in [6.45, 7) is 13.8. The molecule has 2 heteroatoms. The predicted molar refractivity (Wildman–Crippen MR) is 95.8 cm³/mol. The maximum atomic E-state index is 4.57. The number of hydrogen-bond acceptors (Lipinski definition) is 0. The predicted octanol–water partition coefficient (Wildman–Crippen LogP) is 6.43. The van der Waals surface area contributed by atoms with Gasteiger partial charge in [0.25, 0.3) is 0 Å². The Morgan fingerprint density at radius 2 is 0.864 bits per heavy atom. The number of hydrogen-bond donors (Lipinski definition) is 0. The summed E-state index contributed by atoms with van der Waals surface area (Å²) >= 11 is 0. The SMILES string of the molecule is CC.CC.Cc1ccc(C[N-]Cc2ccc(C)cc2)cc1.[Y]. The number of nitrogens with zero attached hydrogens (tertiary/aromatic N) is 1. The van der Waals surface area contributed by atoms with E-state index in [0.29, 0.717) is 0 Å². The van der Waals surface area contributed by atoms with Crippen LogP contribution in [0.3, 0.4) is 0 Å². The second-order valence-electron chi connectivity index (χ2n) is 4.51. The van der Waals surface area contributed by atoms with E-state index in [0.717, 1.165) is 13.1 Å². The maximum absolute atomic E-state index is 4.57. The molecular formula is C20H30NY-. The molecule has 2 aromatic rings. The van der Waals surface area contributed by atoms with Crippen LogP contribution in [0.2, 0.25) is 0 Å². The molecule has 0 saturated heterocycles. The fraction of sp³-hybridized carbons (Fsp3) is 0.400. The van der Waals surface area contributed by atoms with Crippen molar-refractivity contribution >= 4 is 0 Å². The van der Waals surface area contributed by atoms with Crippen LogP contribution in [-0.4, -0.2) is 0 Å². The first-order chi connectivity index (χ1) is 10.2. The largest absolute Gasteiger partial charge is 0.655 e. The molecule has 0 aliphatic heterocycles. The smallest absolute Gasteiger partial charge is 0 e. The van der Waals surface area contributed by atoms with Gasteiger partial charge in [-0.25, -0.2) is 0 Å². The van der Waals surface area contributed by atoms with Gasteiger partial charge in [0.1, 0.15) is 0 Å². The molecule has 0 aliphatic rings. The Bertz CT molecular complexity index is 415. The van der Waals surface area contributed by atoms with Crippen LogP contribution in [0.15, 0.2) is 48.5 Å². The van der Waals surface area contributed by atoms with Crippen LogP contribution in [0.4, 0.5) is 0 Å². The van der Waals surface area contributed by atoms with Crippen LogP contribution >= 0.6 is 0 Å². The van der Waals surface area contributed by atoms with Gasteiger partial charge >= 0.3 is 0 Å². The van der Waals surface area contributed by atoms with E-state index < -0.39 is 0 Å². The summed E-state index contributed by atoms with van der Waals surface area (Å²) in [6.07, 6.45) is 0. The Labute approximate surface area is 162 Å². The first-order valence-electron chi connectivity index (χ1n) is 7.98. The van der Waals surface area contributed by atoms with Crippen LogP contribution in [0.25, 0.3) is 5.32 Å². The molecule has 0 aliphatic carbocycles. The second kappa shape index (κ2) is 15.4. The van der Waals surface area contributed by atoms with E-state index in [9.17, 15) is 0 Å². The summed E-state index contributed by atoms with van der Waals surface area (Å²) in [4.78, 5) is 0. The molecule has 1 radical (unpaired) electrons. The third-order valence-corrected chi connectivity index (χ3v) is 2.83. The van der Waals surface area contributed by atoms with Crippen molar-refractivity contribution in [1.82, 2.24) is 0 Å². The molecule has 119 valence electrons. The molecule has 0 spiro atoms. The van der Waals surface area contributed by atoms with Crippen molar-refractivity contribution in [2.75, 3.05) is 0 Å². The second-order valence-corrected chi connectivity index (χ2v) is 4.51. The Morgan fingerprint density at radius 3 is 1.14 bits per heavy atom. The van der Waals surface area contributed by atoms with Crippen LogP contribution in [0.5, 0.6) is 0 Å². The summed E-state index contributed by atoms with van der Waals surface area (Å²) in [5.74, 6) is 0. The summed E-state index contributed by atoms with van der Waals surface area (Å²) < 4.78 is 0. The Balaban J connectivity index is 0. The molecule has 2 rings (SSSR count). The van der Waals surface area contributed by atoms with Gasteiger partial charge in [0, 0.05) is 32.7 Å². The minimum absolute atomic E-state index is 0. The Kier molecular flexibility index (Phi) is 16.6. The van der Waals surface area contributed by atoms with Crippen LogP contribution < -0.4 is 0 Å². The van der Waals surface area contributed by atoms with Crippen LogP contribution in [0.1, 0.15) is 49.9 Å². The van der Waals surface area contributed by atoms with E-state index >= 15 is 0 Å². The first-order valence-corrected chi connectivity index (χ1v) is 7.98. The molecule has 0 N–H and O–H groups in total. The van der Waals surface area contributed by atoms with E-state index in [1.807, 2.05) is 27.7 Å². The molecule has 1 nitrogen and oxygen atoms in total. The van der Waals surface area contributed by atoms with Gasteiger partial charge in [0.2, 0.25) is 0 Å². The zero-order valence-electron chi connectivity index (χ0n) is 15.1. The van der Waals surface area contributed by atoms with Gasteiger partial charge in [0.15, 0.2) is 0 Å². The summed E-state index contributed by atoms with van der Waals surface area (Å²) in [5.41, 5.74) is 5.16. The van der Waals surface area contributed by atoms with Crippen LogP contribution in [-0.2, 0) is 45.8 Å². The molecule has 0 amide bonds. The minimum atomic E-state index is 0. The van der Waals surface area contributed by atoms with E-state index in [2.05, 4.69) is 67.7 Å². The van der Waals surface area contributed by atoms with Gasteiger partial charge in [-0.15, -0.1) is 13.1 Å². The van der Waals surface area contributed by atoms with Gasteiger partial charge < -0.3 is 5.32 Å². The molecule has 0 aromatic heterocycles. The summed E-state index contributed by atoms with van der Waals surface area (Å²) in [5, 5.41) is 4.57. The average Bonchev–Trinajstić information content (AvgIpc) is 2.55. The van der Waals surface area contributed by atoms with Crippen LogP contribution in [0, 0.1) is 13.8 Å². The fourth-order valence-electron chi connectivity index (χ4n) is 1.70. The van der Waals surface area contributed by atoms with Crippen molar-refractivity contribution in [2.24, 2.45) is 0 Å². The Morgan fingerprint density at radius 1 is 0.591 bits per heavy atom. The third kappa shape index (κ3) is 10.3. The van der Waals surface area contributed by atoms with E-state index in [1.165, 1.54) is 22.3 Å². The fourth-order valence-corrected chi connectivity index (χ4v) is 1.70. The molecule has 0 saturated carbocycles. The molecule has 0 bridgehead atoms. The Hall–Kier alpha value is -0.496. The van der Waals surface area contributed by atoms with Crippen molar-refractivity contribution in [3.63, 3.8) is 0 Å². The molecule has 2 aromatic carbocycles. The first kappa shape index (κ1) is 23.8. The van der Waals surface area contributed by atoms with Crippen molar-refractivity contribution < 1.29 is 32.7 Å². The topological polar surface area (TPSA) is 14.1 Å². The average molecular weight is 373 g/mol. The van der Waals surface area contributed by atoms with E-state index in [4.69, 9.17) is 0 Å². The zero-order chi connectivity index (χ0) is 16.1. The van der Waals surface area contributed by atoms with E-state index in [1.54, 1.807) is 0 Å². The number of rotatable bonds is 4. The molecular weight excluding hydrogens is 343 g/mol. The molecule has 0 heterocycles. The number of benzene rings is 2. The molecule has 0 unspecified atom stereocenters. The van der Waals surface area contributed by atoms with E-state index in [-0.39, 0.29) is 32.7 Å². The normalized spacial score (nSPS) is 8.64. The van der Waals surface area contributed by atoms with Gasteiger partial charge in [-0.1, -0.05) is 98.5 Å². The van der Waals surface area contributed by atoms with Crippen molar-refractivity contribution in [3.8, 4) is 0 Å². The van der Waals surface area contributed by atoms with Gasteiger partial charge in [-0.2, -0.15) is 0 Å². The third-order valence-electron chi connectivity index (χ3n) is 2.83.